The van der Waals surface area contributed by atoms with E-state index in [-0.39, 0.29) is 17.3 Å². The molecule has 0 amide bonds. The first-order valence-electron chi connectivity index (χ1n) is 10.2. The number of fused-ring (bicyclic) bond motifs is 1. The van der Waals surface area contributed by atoms with E-state index in [4.69, 9.17) is 18.9 Å². The molecule has 6 fully saturated rings. The largest absolute Gasteiger partial charge is 0.459 e. The predicted octanol–water partition coefficient (Wildman–Crippen LogP) is -0.0751. The average Bonchev–Trinajstić information content (AvgIpc) is 3.31. The maximum absolute atomic E-state index is 13.3. The predicted molar refractivity (Wildman–Crippen MR) is 91.5 cm³/mol. The Bertz CT molecular complexity index is 779. The van der Waals surface area contributed by atoms with Crippen LogP contribution in [0.15, 0.2) is 0 Å². The van der Waals surface area contributed by atoms with Crippen LogP contribution in [0.4, 0.5) is 0 Å². The van der Waals surface area contributed by atoms with Gasteiger partial charge in [-0.1, -0.05) is 27.7 Å². The quantitative estimate of drug-likeness (QED) is 0.488. The zero-order valence-electron chi connectivity index (χ0n) is 16.5. The zero-order chi connectivity index (χ0) is 20.1. The number of esters is 1. The molecule has 4 aliphatic heterocycles. The second-order valence-electron chi connectivity index (χ2n) is 10.8. The molecule has 0 aromatic heterocycles. The molecule has 2 spiro atoms. The van der Waals surface area contributed by atoms with Gasteiger partial charge in [0, 0.05) is 5.92 Å². The SMILES string of the molecule is C[C@@H]1COC2CC34C5C[C@@H](C(C)(C)C)C36[C@@H](O[C@H](O)[C@@H]6O)O[C@@]4(C(=O)O5)[C@]21O. The van der Waals surface area contributed by atoms with E-state index in [1.807, 2.05) is 6.92 Å². The van der Waals surface area contributed by atoms with Crippen LogP contribution in [0.25, 0.3) is 0 Å². The third-order valence-electron chi connectivity index (χ3n) is 9.12. The van der Waals surface area contributed by atoms with Crippen molar-refractivity contribution in [2.45, 2.75) is 82.6 Å². The van der Waals surface area contributed by atoms with Crippen LogP contribution in [0.3, 0.4) is 0 Å². The van der Waals surface area contributed by atoms with Gasteiger partial charge >= 0.3 is 5.97 Å². The van der Waals surface area contributed by atoms with Crippen LogP contribution in [0.5, 0.6) is 0 Å². The molecule has 0 bridgehead atoms. The Morgan fingerprint density at radius 3 is 2.57 bits per heavy atom. The van der Waals surface area contributed by atoms with Crippen molar-refractivity contribution in [1.82, 2.24) is 0 Å². The smallest absolute Gasteiger partial charge is 0.342 e. The molecule has 6 aliphatic rings. The molecule has 156 valence electrons. The molecule has 0 aromatic rings. The molecule has 4 unspecified atom stereocenters. The summed E-state index contributed by atoms with van der Waals surface area (Å²) in [6.07, 6.45) is -3.90. The number of rotatable bonds is 0. The molecule has 2 aliphatic carbocycles. The normalized spacial score (nSPS) is 64.0. The lowest BCUT2D eigenvalue weighted by Crippen LogP contribution is -2.66. The van der Waals surface area contributed by atoms with E-state index in [9.17, 15) is 20.1 Å². The number of hydrogen-bond donors (Lipinski definition) is 3. The summed E-state index contributed by atoms with van der Waals surface area (Å²) in [4.78, 5) is 13.3. The Balaban J connectivity index is 1.67. The van der Waals surface area contributed by atoms with Crippen molar-refractivity contribution in [3.8, 4) is 0 Å². The number of ether oxygens (including phenoxy) is 4. The Morgan fingerprint density at radius 1 is 1.18 bits per heavy atom. The molecule has 4 saturated heterocycles. The average molecular weight is 396 g/mol. The van der Waals surface area contributed by atoms with Gasteiger partial charge in [0.25, 0.3) is 0 Å². The van der Waals surface area contributed by atoms with Gasteiger partial charge in [-0.2, -0.15) is 0 Å². The molecular weight excluding hydrogens is 368 g/mol. The molecular formula is C20H28O8. The minimum absolute atomic E-state index is 0.144. The van der Waals surface area contributed by atoms with E-state index in [0.29, 0.717) is 19.4 Å². The van der Waals surface area contributed by atoms with Crippen LogP contribution in [0.2, 0.25) is 0 Å². The Kier molecular flexibility index (Phi) is 2.96. The van der Waals surface area contributed by atoms with E-state index >= 15 is 0 Å². The fraction of sp³-hybridized carbons (Fsp3) is 0.950. The second-order valence-corrected chi connectivity index (χ2v) is 10.8. The summed E-state index contributed by atoms with van der Waals surface area (Å²) in [5, 5.41) is 33.7. The Morgan fingerprint density at radius 2 is 1.89 bits per heavy atom. The summed E-state index contributed by atoms with van der Waals surface area (Å²) in [5.74, 6) is -1.07. The molecule has 4 heterocycles. The van der Waals surface area contributed by atoms with E-state index in [2.05, 4.69) is 20.8 Å². The van der Waals surface area contributed by atoms with Crippen molar-refractivity contribution in [2.24, 2.45) is 28.1 Å². The highest BCUT2D eigenvalue weighted by Crippen LogP contribution is 2.84. The fourth-order valence-corrected chi connectivity index (χ4v) is 8.30. The summed E-state index contributed by atoms with van der Waals surface area (Å²) in [7, 11) is 0. The molecule has 0 radical (unpaired) electrons. The summed E-state index contributed by atoms with van der Waals surface area (Å²) in [6.45, 7) is 8.39. The fourth-order valence-electron chi connectivity index (χ4n) is 8.30. The summed E-state index contributed by atoms with van der Waals surface area (Å²) < 4.78 is 23.9. The van der Waals surface area contributed by atoms with Crippen LogP contribution >= 0.6 is 0 Å². The number of aliphatic hydroxyl groups excluding tert-OH is 2. The third-order valence-corrected chi connectivity index (χ3v) is 9.12. The lowest BCUT2D eigenvalue weighted by Gasteiger charge is -2.48. The van der Waals surface area contributed by atoms with Crippen LogP contribution in [-0.4, -0.2) is 70.0 Å². The molecule has 8 nitrogen and oxygen atoms in total. The van der Waals surface area contributed by atoms with Gasteiger partial charge in [0.1, 0.15) is 17.8 Å². The van der Waals surface area contributed by atoms with Gasteiger partial charge in [-0.05, 0) is 24.2 Å². The molecule has 0 aromatic carbocycles. The number of carbonyl (C=O) groups excluding carboxylic acids is 1. The van der Waals surface area contributed by atoms with Crippen LogP contribution < -0.4 is 0 Å². The molecule has 8 heteroatoms. The van der Waals surface area contributed by atoms with Crippen molar-refractivity contribution >= 4 is 5.97 Å². The summed E-state index contributed by atoms with van der Waals surface area (Å²) in [6, 6.07) is 0. The minimum atomic E-state index is -1.66. The van der Waals surface area contributed by atoms with E-state index in [1.54, 1.807) is 0 Å². The third kappa shape index (κ3) is 1.34. The molecule has 3 N–H and O–H groups in total. The van der Waals surface area contributed by atoms with Crippen LogP contribution in [0, 0.1) is 28.1 Å². The molecule has 11 atom stereocenters. The number of hydrogen-bond acceptors (Lipinski definition) is 8. The van der Waals surface area contributed by atoms with Crippen molar-refractivity contribution in [2.75, 3.05) is 6.61 Å². The monoisotopic (exact) mass is 396 g/mol. The lowest BCUT2D eigenvalue weighted by atomic mass is 9.51. The van der Waals surface area contributed by atoms with Crippen molar-refractivity contribution in [3.05, 3.63) is 0 Å². The number of aliphatic hydroxyl groups is 3. The van der Waals surface area contributed by atoms with Gasteiger partial charge in [0.05, 0.1) is 23.5 Å². The minimum Gasteiger partial charge on any atom is -0.459 e. The van der Waals surface area contributed by atoms with Gasteiger partial charge in [-0.15, -0.1) is 0 Å². The van der Waals surface area contributed by atoms with Gasteiger partial charge < -0.3 is 34.3 Å². The van der Waals surface area contributed by atoms with Crippen molar-refractivity contribution in [3.63, 3.8) is 0 Å². The zero-order valence-corrected chi connectivity index (χ0v) is 16.5. The van der Waals surface area contributed by atoms with E-state index < -0.39 is 58.9 Å². The van der Waals surface area contributed by atoms with Gasteiger partial charge in [-0.3, -0.25) is 0 Å². The highest BCUT2D eigenvalue weighted by atomic mass is 16.8. The Labute approximate surface area is 163 Å². The lowest BCUT2D eigenvalue weighted by molar-refractivity contribution is -0.263. The van der Waals surface area contributed by atoms with Crippen molar-refractivity contribution in [1.29, 1.82) is 0 Å². The standard InChI is InChI=1S/C20H28O8/c1-8-7-25-11-6-17-10-5-9(16(2,3)4)18(17)12(21)13(22)27-15(18)28-20(17,14(23)26-10)19(8,11)24/h8-13,15,21-22,24H,5-7H2,1-4H3/t8-,9+,10?,11?,12+,13+,15+,17?,18?,19-,20-/m1/s1. The number of carbonyl (C=O) groups is 1. The van der Waals surface area contributed by atoms with E-state index in [1.165, 1.54) is 0 Å². The Hall–Kier alpha value is -0.770. The van der Waals surface area contributed by atoms with Gasteiger partial charge in [0.2, 0.25) is 5.60 Å². The van der Waals surface area contributed by atoms with Crippen LogP contribution in [-0.2, 0) is 23.7 Å². The first-order valence-corrected chi connectivity index (χ1v) is 10.2. The first kappa shape index (κ1) is 18.0. The maximum Gasteiger partial charge on any atom is 0.342 e. The molecule has 6 rings (SSSR count). The van der Waals surface area contributed by atoms with E-state index in [0.717, 1.165) is 0 Å². The highest BCUT2D eigenvalue weighted by molar-refractivity contribution is 5.89. The summed E-state index contributed by atoms with van der Waals surface area (Å²) >= 11 is 0. The maximum atomic E-state index is 13.3. The molecule has 2 saturated carbocycles. The highest BCUT2D eigenvalue weighted by Gasteiger charge is 2.99. The van der Waals surface area contributed by atoms with Crippen molar-refractivity contribution < 1.29 is 39.1 Å². The second kappa shape index (κ2) is 4.60. The summed E-state index contributed by atoms with van der Waals surface area (Å²) in [5.41, 5.74) is -5.56. The topological polar surface area (TPSA) is 115 Å². The first-order chi connectivity index (χ1) is 13.0. The van der Waals surface area contributed by atoms with Gasteiger partial charge in [0.15, 0.2) is 12.6 Å². The molecule has 28 heavy (non-hydrogen) atoms. The van der Waals surface area contributed by atoms with Gasteiger partial charge in [-0.25, -0.2) is 4.79 Å². The van der Waals surface area contributed by atoms with Crippen LogP contribution in [0.1, 0.15) is 40.5 Å².